The third-order valence-corrected chi connectivity index (χ3v) is 5.73. The van der Waals surface area contributed by atoms with Gasteiger partial charge in [-0.1, -0.05) is 37.3 Å². The van der Waals surface area contributed by atoms with Crippen molar-refractivity contribution in [3.05, 3.63) is 35.9 Å². The van der Waals surface area contributed by atoms with Crippen molar-refractivity contribution in [2.45, 2.75) is 30.6 Å². The molecule has 0 amide bonds. The minimum atomic E-state index is 0.208. The second-order valence-electron chi connectivity index (χ2n) is 5.23. The molecule has 2 unspecified atom stereocenters. The van der Waals surface area contributed by atoms with Crippen LogP contribution in [0.3, 0.4) is 0 Å². The minimum Gasteiger partial charge on any atom is -0.329 e. The van der Waals surface area contributed by atoms with E-state index in [2.05, 4.69) is 61.0 Å². The third kappa shape index (κ3) is 2.73. The predicted octanol–water partition coefficient (Wildman–Crippen LogP) is 2.38. The summed E-state index contributed by atoms with van der Waals surface area (Å²) in [7, 11) is 2.23. The summed E-state index contributed by atoms with van der Waals surface area (Å²) in [5, 5.41) is 0.642. The van der Waals surface area contributed by atoms with Gasteiger partial charge in [-0.25, -0.2) is 0 Å². The Hall–Kier alpha value is -0.510. The highest BCUT2D eigenvalue weighted by Crippen LogP contribution is 2.38. The normalized spacial score (nSPS) is 27.9. The van der Waals surface area contributed by atoms with Crippen LogP contribution in [0.15, 0.2) is 30.3 Å². The molecular formula is C15H24N2S. The largest absolute Gasteiger partial charge is 0.329 e. The molecule has 1 aromatic rings. The van der Waals surface area contributed by atoms with Crippen LogP contribution in [0.5, 0.6) is 0 Å². The summed E-state index contributed by atoms with van der Waals surface area (Å²) in [6.45, 7) is 4.18. The summed E-state index contributed by atoms with van der Waals surface area (Å²) in [4.78, 5) is 2.49. The summed E-state index contributed by atoms with van der Waals surface area (Å²) in [6, 6.07) is 10.7. The van der Waals surface area contributed by atoms with Crippen molar-refractivity contribution in [2.75, 3.05) is 25.9 Å². The molecule has 1 aliphatic rings. The lowest BCUT2D eigenvalue weighted by Gasteiger charge is -2.41. The summed E-state index contributed by atoms with van der Waals surface area (Å²) in [6.07, 6.45) is 2.33. The number of nitrogens with two attached hydrogens (primary N) is 1. The van der Waals surface area contributed by atoms with Crippen LogP contribution in [0.2, 0.25) is 0 Å². The molecule has 18 heavy (non-hydrogen) atoms. The van der Waals surface area contributed by atoms with Crippen molar-refractivity contribution in [1.82, 2.24) is 4.90 Å². The van der Waals surface area contributed by atoms with E-state index in [4.69, 9.17) is 5.73 Å². The number of benzene rings is 1. The molecule has 1 heterocycles. The van der Waals surface area contributed by atoms with Crippen molar-refractivity contribution in [2.24, 2.45) is 5.73 Å². The summed E-state index contributed by atoms with van der Waals surface area (Å²) in [5.74, 6) is 1.24. The molecule has 1 saturated heterocycles. The average molecular weight is 264 g/mol. The topological polar surface area (TPSA) is 29.3 Å². The van der Waals surface area contributed by atoms with Crippen LogP contribution in [0.25, 0.3) is 0 Å². The predicted molar refractivity (Wildman–Crippen MR) is 81.1 cm³/mol. The molecule has 0 radical (unpaired) electrons. The summed E-state index contributed by atoms with van der Waals surface area (Å²) >= 11 is 2.06. The molecule has 0 aliphatic carbocycles. The standard InChI is InChI=1S/C15H24N2S/c1-13-15(12-16,9-11-18-13)17(2)10-8-14-6-4-3-5-7-14/h3-7,13H,8-12,16H2,1-2H3. The molecule has 1 aromatic carbocycles. The van der Waals surface area contributed by atoms with E-state index in [1.807, 2.05) is 0 Å². The van der Waals surface area contributed by atoms with Crippen LogP contribution in [0.4, 0.5) is 0 Å². The van der Waals surface area contributed by atoms with Crippen LogP contribution < -0.4 is 5.73 Å². The molecule has 2 nitrogen and oxygen atoms in total. The summed E-state index contributed by atoms with van der Waals surface area (Å²) < 4.78 is 0. The zero-order valence-corrected chi connectivity index (χ0v) is 12.2. The fourth-order valence-electron chi connectivity index (χ4n) is 2.86. The molecule has 3 heteroatoms. The van der Waals surface area contributed by atoms with Gasteiger partial charge >= 0.3 is 0 Å². The van der Waals surface area contributed by atoms with Crippen LogP contribution >= 0.6 is 11.8 Å². The number of nitrogens with zero attached hydrogens (tertiary/aromatic N) is 1. The van der Waals surface area contributed by atoms with Gasteiger partial charge in [0.25, 0.3) is 0 Å². The number of hydrogen-bond donors (Lipinski definition) is 1. The Balaban J connectivity index is 1.96. The molecule has 1 fully saturated rings. The number of rotatable bonds is 5. The van der Waals surface area contributed by atoms with E-state index in [1.165, 1.54) is 17.7 Å². The Morgan fingerprint density at radius 3 is 2.67 bits per heavy atom. The molecule has 0 spiro atoms. The molecule has 2 rings (SSSR count). The van der Waals surface area contributed by atoms with Crippen LogP contribution in [0.1, 0.15) is 18.9 Å². The minimum absolute atomic E-state index is 0.208. The van der Waals surface area contributed by atoms with E-state index in [9.17, 15) is 0 Å². The quantitative estimate of drug-likeness (QED) is 0.885. The highest BCUT2D eigenvalue weighted by atomic mass is 32.2. The Morgan fingerprint density at radius 1 is 1.39 bits per heavy atom. The van der Waals surface area contributed by atoms with E-state index in [-0.39, 0.29) is 5.54 Å². The van der Waals surface area contributed by atoms with E-state index < -0.39 is 0 Å². The van der Waals surface area contributed by atoms with E-state index in [1.54, 1.807) is 0 Å². The van der Waals surface area contributed by atoms with Crippen LogP contribution in [-0.2, 0) is 6.42 Å². The Morgan fingerprint density at radius 2 is 2.11 bits per heavy atom. The summed E-state index contributed by atoms with van der Waals surface area (Å²) in [5.41, 5.74) is 7.69. The van der Waals surface area contributed by atoms with Crippen molar-refractivity contribution >= 4 is 11.8 Å². The Bertz CT molecular complexity index is 368. The molecule has 0 bridgehead atoms. The van der Waals surface area contributed by atoms with Gasteiger partial charge in [0, 0.05) is 23.9 Å². The number of likely N-dealkylation sites (N-methyl/N-ethyl adjacent to an activating group) is 1. The maximum atomic E-state index is 6.07. The van der Waals surface area contributed by atoms with Gasteiger partial charge in [0.2, 0.25) is 0 Å². The van der Waals surface area contributed by atoms with E-state index >= 15 is 0 Å². The van der Waals surface area contributed by atoms with Gasteiger partial charge in [-0.05, 0) is 31.2 Å². The molecule has 0 saturated carbocycles. The number of thioether (sulfide) groups is 1. The van der Waals surface area contributed by atoms with Gasteiger partial charge in [-0.3, -0.25) is 4.90 Å². The smallest absolute Gasteiger partial charge is 0.0452 e. The van der Waals surface area contributed by atoms with Gasteiger partial charge in [0.1, 0.15) is 0 Å². The SMILES string of the molecule is CC1SCCC1(CN)N(C)CCc1ccccc1. The number of hydrogen-bond acceptors (Lipinski definition) is 3. The Labute approximate surface area is 115 Å². The maximum absolute atomic E-state index is 6.07. The van der Waals surface area contributed by atoms with E-state index in [0.717, 1.165) is 19.5 Å². The first-order valence-corrected chi connectivity index (χ1v) is 7.81. The lowest BCUT2D eigenvalue weighted by Crippen LogP contribution is -2.56. The highest BCUT2D eigenvalue weighted by molar-refractivity contribution is 8.00. The highest BCUT2D eigenvalue weighted by Gasteiger charge is 2.42. The Kier molecular flexibility index (Phi) is 4.71. The molecule has 0 aromatic heterocycles. The fraction of sp³-hybridized carbons (Fsp3) is 0.600. The van der Waals surface area contributed by atoms with Crippen molar-refractivity contribution in [3.8, 4) is 0 Å². The molecule has 2 atom stereocenters. The first-order chi connectivity index (χ1) is 8.69. The van der Waals surface area contributed by atoms with Crippen molar-refractivity contribution < 1.29 is 0 Å². The fourth-order valence-corrected chi connectivity index (χ4v) is 4.39. The van der Waals surface area contributed by atoms with Gasteiger partial charge in [-0.15, -0.1) is 0 Å². The van der Waals surface area contributed by atoms with Gasteiger partial charge < -0.3 is 5.73 Å². The van der Waals surface area contributed by atoms with Crippen molar-refractivity contribution in [1.29, 1.82) is 0 Å². The molecular weight excluding hydrogens is 240 g/mol. The molecule has 1 aliphatic heterocycles. The second-order valence-corrected chi connectivity index (χ2v) is 6.68. The third-order valence-electron chi connectivity index (χ3n) is 4.35. The first kappa shape index (κ1) is 13.9. The van der Waals surface area contributed by atoms with E-state index in [0.29, 0.717) is 5.25 Å². The van der Waals surface area contributed by atoms with Crippen LogP contribution in [-0.4, -0.2) is 41.6 Å². The van der Waals surface area contributed by atoms with Gasteiger partial charge in [0.15, 0.2) is 0 Å². The monoisotopic (exact) mass is 264 g/mol. The zero-order chi connectivity index (χ0) is 13.0. The maximum Gasteiger partial charge on any atom is 0.0452 e. The lowest BCUT2D eigenvalue weighted by atomic mass is 9.90. The van der Waals surface area contributed by atoms with Crippen molar-refractivity contribution in [3.63, 3.8) is 0 Å². The molecule has 2 N–H and O–H groups in total. The van der Waals surface area contributed by atoms with Gasteiger partial charge in [-0.2, -0.15) is 11.8 Å². The first-order valence-electron chi connectivity index (χ1n) is 6.76. The second kappa shape index (κ2) is 6.09. The zero-order valence-electron chi connectivity index (χ0n) is 11.4. The van der Waals surface area contributed by atoms with Crippen LogP contribution in [0, 0.1) is 0 Å². The average Bonchev–Trinajstić information content (AvgIpc) is 2.79. The molecule has 100 valence electrons. The lowest BCUT2D eigenvalue weighted by molar-refractivity contribution is 0.131. The van der Waals surface area contributed by atoms with Gasteiger partial charge in [0.05, 0.1) is 0 Å².